The summed E-state index contributed by atoms with van der Waals surface area (Å²) in [5.74, 6) is 0. The van der Waals surface area contributed by atoms with Gasteiger partial charge in [0.25, 0.3) is 0 Å². The average Bonchev–Trinajstić information content (AvgIpc) is 2.34. The molecule has 0 spiro atoms. The van der Waals surface area contributed by atoms with Gasteiger partial charge in [0.05, 0.1) is 0 Å². The predicted octanol–water partition coefficient (Wildman–Crippen LogP) is 3.30. The van der Waals surface area contributed by atoms with Crippen LogP contribution in [0, 0.1) is 0 Å². The Morgan fingerprint density at radius 3 is 2.60 bits per heavy atom. The molecule has 1 amide bonds. The van der Waals surface area contributed by atoms with Gasteiger partial charge in [-0.1, -0.05) is 29.8 Å². The van der Waals surface area contributed by atoms with Crippen molar-refractivity contribution >= 4 is 17.7 Å². The summed E-state index contributed by atoms with van der Waals surface area (Å²) in [6, 6.07) is 7.70. The smallest absolute Gasteiger partial charge is 0.410 e. The molecule has 0 heterocycles. The Labute approximate surface area is 126 Å². The van der Waals surface area contributed by atoms with Crippen LogP contribution in [-0.2, 0) is 11.3 Å². The molecule has 0 unspecified atom stereocenters. The summed E-state index contributed by atoms with van der Waals surface area (Å²) >= 11 is 6.06. The lowest BCUT2D eigenvalue weighted by atomic mass is 10.2. The van der Waals surface area contributed by atoms with E-state index in [2.05, 4.69) is 5.32 Å². The fourth-order valence-corrected chi connectivity index (χ4v) is 1.75. The number of likely N-dealkylation sites (N-methyl/N-ethyl adjacent to an activating group) is 1. The number of hydrogen-bond donors (Lipinski definition) is 1. The topological polar surface area (TPSA) is 41.6 Å². The number of ether oxygens (including phenoxy) is 1. The minimum atomic E-state index is -0.462. The molecular weight excluding hydrogens is 276 g/mol. The Bertz CT molecular complexity index is 444. The summed E-state index contributed by atoms with van der Waals surface area (Å²) in [5, 5.41) is 4.01. The highest BCUT2D eigenvalue weighted by Gasteiger charge is 2.18. The maximum atomic E-state index is 11.7. The third-order valence-corrected chi connectivity index (χ3v) is 2.97. The summed E-state index contributed by atoms with van der Waals surface area (Å²) in [5.41, 5.74) is 0.588. The van der Waals surface area contributed by atoms with Gasteiger partial charge in [-0.05, 0) is 32.4 Å². The van der Waals surface area contributed by atoms with Gasteiger partial charge in [0, 0.05) is 31.7 Å². The van der Waals surface area contributed by atoms with Gasteiger partial charge < -0.3 is 15.0 Å². The molecule has 0 fully saturated rings. The van der Waals surface area contributed by atoms with Crippen molar-refractivity contribution in [2.75, 3.05) is 20.1 Å². The molecule has 0 saturated carbocycles. The second-order valence-corrected chi connectivity index (χ2v) is 6.08. The van der Waals surface area contributed by atoms with Gasteiger partial charge in [0.1, 0.15) is 5.60 Å². The van der Waals surface area contributed by atoms with Crippen molar-refractivity contribution in [2.24, 2.45) is 0 Å². The van der Waals surface area contributed by atoms with Crippen LogP contribution in [0.2, 0.25) is 5.02 Å². The molecule has 0 aliphatic heterocycles. The van der Waals surface area contributed by atoms with E-state index in [4.69, 9.17) is 16.3 Å². The van der Waals surface area contributed by atoms with Gasteiger partial charge >= 0.3 is 6.09 Å². The standard InChI is InChI=1S/C15H23ClN2O2/c1-15(2,3)20-14(19)18(4)10-9-17-11-12-7-5-6-8-13(12)16/h5-8,17H,9-11H2,1-4H3. The molecule has 0 atom stereocenters. The fourth-order valence-electron chi connectivity index (χ4n) is 1.54. The zero-order valence-electron chi connectivity index (χ0n) is 12.6. The molecule has 1 aromatic carbocycles. The largest absolute Gasteiger partial charge is 0.444 e. The molecule has 1 N–H and O–H groups in total. The number of hydrogen-bond acceptors (Lipinski definition) is 3. The Balaban J connectivity index is 2.27. The molecule has 20 heavy (non-hydrogen) atoms. The van der Waals surface area contributed by atoms with E-state index in [-0.39, 0.29) is 6.09 Å². The van der Waals surface area contributed by atoms with Crippen molar-refractivity contribution in [1.29, 1.82) is 0 Å². The second-order valence-electron chi connectivity index (χ2n) is 5.67. The number of carbonyl (C=O) groups excluding carboxylic acids is 1. The predicted molar refractivity (Wildman–Crippen MR) is 82.0 cm³/mol. The van der Waals surface area contributed by atoms with Crippen LogP contribution >= 0.6 is 11.6 Å². The molecule has 0 aliphatic rings. The molecule has 1 rings (SSSR count). The minimum Gasteiger partial charge on any atom is -0.444 e. The third-order valence-electron chi connectivity index (χ3n) is 2.60. The summed E-state index contributed by atoms with van der Waals surface area (Å²) in [4.78, 5) is 13.3. The van der Waals surface area contributed by atoms with Crippen molar-refractivity contribution < 1.29 is 9.53 Å². The van der Waals surface area contributed by atoms with E-state index in [1.165, 1.54) is 0 Å². The molecule has 5 heteroatoms. The molecule has 0 aliphatic carbocycles. The van der Waals surface area contributed by atoms with Crippen LogP contribution in [0.25, 0.3) is 0 Å². The van der Waals surface area contributed by atoms with E-state index in [1.54, 1.807) is 11.9 Å². The SMILES string of the molecule is CN(CCNCc1ccccc1Cl)C(=O)OC(C)(C)C. The molecule has 0 bridgehead atoms. The molecule has 1 aromatic rings. The molecule has 0 radical (unpaired) electrons. The maximum Gasteiger partial charge on any atom is 0.410 e. The first-order valence-electron chi connectivity index (χ1n) is 6.68. The number of benzene rings is 1. The number of nitrogens with zero attached hydrogens (tertiary/aromatic N) is 1. The molecule has 112 valence electrons. The first-order valence-corrected chi connectivity index (χ1v) is 7.05. The van der Waals surface area contributed by atoms with Crippen LogP contribution < -0.4 is 5.32 Å². The van der Waals surface area contributed by atoms with Crippen LogP contribution in [-0.4, -0.2) is 36.7 Å². The quantitative estimate of drug-likeness (QED) is 0.848. The number of carbonyl (C=O) groups is 1. The minimum absolute atomic E-state index is 0.308. The van der Waals surface area contributed by atoms with Crippen molar-refractivity contribution in [2.45, 2.75) is 32.9 Å². The van der Waals surface area contributed by atoms with E-state index < -0.39 is 5.60 Å². The molecule has 0 saturated heterocycles. The molecule has 4 nitrogen and oxygen atoms in total. The number of rotatable bonds is 5. The Morgan fingerprint density at radius 2 is 2.00 bits per heavy atom. The van der Waals surface area contributed by atoms with Crippen LogP contribution in [0.1, 0.15) is 26.3 Å². The van der Waals surface area contributed by atoms with Gasteiger partial charge in [-0.25, -0.2) is 4.79 Å². The lowest BCUT2D eigenvalue weighted by molar-refractivity contribution is 0.0300. The zero-order valence-corrected chi connectivity index (χ0v) is 13.3. The van der Waals surface area contributed by atoms with Crippen LogP contribution in [0.15, 0.2) is 24.3 Å². The first-order chi connectivity index (χ1) is 9.29. The first kappa shape index (κ1) is 16.8. The number of nitrogens with one attached hydrogen (secondary N) is 1. The van der Waals surface area contributed by atoms with Crippen molar-refractivity contribution in [3.8, 4) is 0 Å². The average molecular weight is 299 g/mol. The Morgan fingerprint density at radius 1 is 1.35 bits per heavy atom. The fraction of sp³-hybridized carbons (Fsp3) is 0.533. The highest BCUT2D eigenvalue weighted by Crippen LogP contribution is 2.14. The van der Waals surface area contributed by atoms with Crippen molar-refractivity contribution in [3.05, 3.63) is 34.9 Å². The summed E-state index contributed by atoms with van der Waals surface area (Å²) in [7, 11) is 1.73. The van der Waals surface area contributed by atoms with Gasteiger partial charge in [0.15, 0.2) is 0 Å². The summed E-state index contributed by atoms with van der Waals surface area (Å²) in [6.07, 6.45) is -0.308. The van der Waals surface area contributed by atoms with E-state index in [9.17, 15) is 4.79 Å². The van der Waals surface area contributed by atoms with Crippen LogP contribution in [0.5, 0.6) is 0 Å². The Kier molecular flexibility index (Phi) is 6.30. The van der Waals surface area contributed by atoms with Crippen molar-refractivity contribution in [1.82, 2.24) is 10.2 Å². The lowest BCUT2D eigenvalue weighted by Gasteiger charge is -2.24. The van der Waals surface area contributed by atoms with E-state index in [0.717, 1.165) is 10.6 Å². The lowest BCUT2D eigenvalue weighted by Crippen LogP contribution is -2.37. The van der Waals surface area contributed by atoms with Crippen LogP contribution in [0.4, 0.5) is 4.79 Å². The van der Waals surface area contributed by atoms with Gasteiger partial charge in [-0.3, -0.25) is 0 Å². The number of halogens is 1. The molecule has 0 aromatic heterocycles. The third kappa shape index (κ3) is 6.26. The van der Waals surface area contributed by atoms with Crippen LogP contribution in [0.3, 0.4) is 0 Å². The van der Waals surface area contributed by atoms with E-state index in [0.29, 0.717) is 19.6 Å². The monoisotopic (exact) mass is 298 g/mol. The van der Waals surface area contributed by atoms with Gasteiger partial charge in [-0.15, -0.1) is 0 Å². The highest BCUT2D eigenvalue weighted by molar-refractivity contribution is 6.31. The highest BCUT2D eigenvalue weighted by atomic mass is 35.5. The van der Waals surface area contributed by atoms with E-state index in [1.807, 2.05) is 45.0 Å². The normalized spacial score (nSPS) is 11.2. The van der Waals surface area contributed by atoms with Crippen molar-refractivity contribution in [3.63, 3.8) is 0 Å². The van der Waals surface area contributed by atoms with Gasteiger partial charge in [-0.2, -0.15) is 0 Å². The summed E-state index contributed by atoms with van der Waals surface area (Å²) in [6.45, 7) is 7.51. The van der Waals surface area contributed by atoms with E-state index >= 15 is 0 Å². The Hall–Kier alpha value is -1.26. The number of amides is 1. The van der Waals surface area contributed by atoms with Gasteiger partial charge in [0.2, 0.25) is 0 Å². The second kappa shape index (κ2) is 7.50. The zero-order chi connectivity index (χ0) is 15.2. The summed E-state index contributed by atoms with van der Waals surface area (Å²) < 4.78 is 5.27. The maximum absolute atomic E-state index is 11.7. The molecular formula is C15H23ClN2O2.